The number of fused-ring (bicyclic) bond motifs is 2. The summed E-state index contributed by atoms with van der Waals surface area (Å²) in [5.41, 5.74) is 1.07. The Hall–Kier alpha value is -7.38. The van der Waals surface area contributed by atoms with Crippen LogP contribution in [0.3, 0.4) is 0 Å². The van der Waals surface area contributed by atoms with Crippen molar-refractivity contribution < 1.29 is 63.7 Å². The lowest BCUT2D eigenvalue weighted by atomic mass is 9.79. The summed E-state index contributed by atoms with van der Waals surface area (Å²) in [7, 11) is -3.77. The highest BCUT2D eigenvalue weighted by molar-refractivity contribution is 9.10. The number of sulfonamides is 2. The Bertz CT molecular complexity index is 4310. The molecule has 0 aliphatic carbocycles. The zero-order valence-electron chi connectivity index (χ0n) is 43.1. The summed E-state index contributed by atoms with van der Waals surface area (Å²) < 4.78 is 118. The van der Waals surface area contributed by atoms with Crippen molar-refractivity contribution in [2.75, 3.05) is 37.9 Å². The number of halogens is 5. The van der Waals surface area contributed by atoms with E-state index >= 15 is 4.39 Å². The number of hydrogen-bond acceptors (Lipinski definition) is 16. The number of hydrogen-bond donors (Lipinski definition) is 4. The highest BCUT2D eigenvalue weighted by atomic mass is 79.9. The molecule has 0 spiro atoms. The molecule has 0 aliphatic heterocycles. The average molecular weight is 1300 g/mol. The van der Waals surface area contributed by atoms with Gasteiger partial charge >= 0.3 is 7.12 Å². The van der Waals surface area contributed by atoms with Crippen molar-refractivity contribution in [2.45, 2.75) is 9.79 Å². The normalized spacial score (nSPS) is 11.0. The van der Waals surface area contributed by atoms with E-state index in [0.29, 0.717) is 54.4 Å². The molecule has 10 rings (SSSR count). The second kappa shape index (κ2) is 27.1. The second-order valence-electron chi connectivity index (χ2n) is 16.5. The maximum absolute atomic E-state index is 15.5. The first kappa shape index (κ1) is 63.8. The first-order valence-electron chi connectivity index (χ1n) is 22.8. The van der Waals surface area contributed by atoms with Gasteiger partial charge in [0.25, 0.3) is 31.2 Å². The molecule has 0 aliphatic rings. The molecule has 6 aromatic carbocycles. The van der Waals surface area contributed by atoms with Crippen LogP contribution in [-0.2, 0) is 20.0 Å². The molecule has 2 unspecified atom stereocenters. The van der Waals surface area contributed by atoms with Crippen molar-refractivity contribution in [3.05, 3.63) is 193 Å². The monoisotopic (exact) mass is 1300 g/mol. The van der Waals surface area contributed by atoms with Gasteiger partial charge in [-0.3, -0.25) is 28.2 Å². The molecule has 10 aromatic rings. The van der Waals surface area contributed by atoms with Gasteiger partial charge in [-0.2, -0.15) is 19.8 Å². The van der Waals surface area contributed by atoms with E-state index in [2.05, 4.69) is 44.7 Å². The van der Waals surface area contributed by atoms with Gasteiger partial charge in [-0.15, -0.1) is 0 Å². The Morgan fingerprint density at radius 2 is 1.00 bits per heavy atom. The smallest absolute Gasteiger partial charge is 0.492 e. The molecule has 2 atom stereocenters. The van der Waals surface area contributed by atoms with Gasteiger partial charge in [0.2, 0.25) is 0 Å². The third-order valence-electron chi connectivity index (χ3n) is 11.6. The number of nitrogens with one attached hydrogen (secondary N) is 2. The van der Waals surface area contributed by atoms with Gasteiger partial charge in [0, 0.05) is 73.8 Å². The van der Waals surface area contributed by atoms with Crippen LogP contribution in [0.2, 0.25) is 10.0 Å². The van der Waals surface area contributed by atoms with Crippen LogP contribution >= 0.6 is 58.9 Å². The topological polar surface area (TPSA) is 266 Å². The summed E-state index contributed by atoms with van der Waals surface area (Å²) in [6, 6.07) is 31.2. The van der Waals surface area contributed by atoms with Crippen molar-refractivity contribution in [3.8, 4) is 45.5 Å². The minimum Gasteiger partial charge on any atom is -0.497 e. The molecule has 30 heteroatoms. The second-order valence-corrected chi connectivity index (χ2v) is 21.6. The third-order valence-corrected chi connectivity index (χ3v) is 15.4. The lowest BCUT2D eigenvalue weighted by molar-refractivity contribution is 0.403. The van der Waals surface area contributed by atoms with E-state index in [1.54, 1.807) is 24.3 Å². The Morgan fingerprint density at radius 1 is 0.549 bits per heavy atom. The Morgan fingerprint density at radius 3 is 1.45 bits per heavy atom. The zero-order chi connectivity index (χ0) is 57.6. The first-order chi connectivity index (χ1) is 38.2. The van der Waals surface area contributed by atoms with E-state index in [9.17, 15) is 30.8 Å². The van der Waals surface area contributed by atoms with Crippen LogP contribution in [0, 0.1) is 11.6 Å². The molecule has 4 aromatic heterocycles. The fraction of sp³-hybridized carbons (Fsp3) is 0.0769. The zero-order valence-corrected chi connectivity index (χ0v) is 50.7. The van der Waals surface area contributed by atoms with Gasteiger partial charge < -0.3 is 38.0 Å². The summed E-state index contributed by atoms with van der Waals surface area (Å²) in [6.07, 6.45) is 2.47. The Kier molecular flexibility index (Phi) is 21.1. The number of pyridine rings is 2. The standard InChI is InChI=1S/C26H19ClFN3O6S.C19H13BrFN3O5S.C7H8BClO3.2H3P/c1-35-23-12-16(27)4-6-18(23)19-13-24(36-2)22(14-20(19)28)31-21-7-5-17(11-15(21)3-8-26(31)32)38(33,34)30-25-9-10-37-29-25;1-28-17-9-13(20)14(21)10-16(17)24-15-4-3-12(8-11(15)2-5-19(24)25)30(26,27)23-18-6-7-29-22-18;1-12-7-4-5(9)2-3-6(7)8(10)11;;/h3-14H,1-2H3,(H,29,30);2-10H,1H3,(H,22,23);2-4,10-11H,1H3;2*1H3. The highest BCUT2D eigenvalue weighted by Crippen LogP contribution is 2.39. The molecule has 4 N–H and O–H groups in total. The number of rotatable bonds is 14. The van der Waals surface area contributed by atoms with Crippen LogP contribution in [0.25, 0.3) is 44.3 Å². The number of aromatic nitrogens is 4. The molecular formula is C52H46BBrCl2F2N6O14P2S2. The van der Waals surface area contributed by atoms with Gasteiger partial charge in [0.1, 0.15) is 47.2 Å². The summed E-state index contributed by atoms with van der Waals surface area (Å²) in [5, 5.41) is 26.6. The van der Waals surface area contributed by atoms with E-state index in [1.807, 2.05) is 0 Å². The lowest BCUT2D eigenvalue weighted by Crippen LogP contribution is -2.30. The van der Waals surface area contributed by atoms with E-state index < -0.39 is 49.9 Å². The van der Waals surface area contributed by atoms with Crippen molar-refractivity contribution in [2.24, 2.45) is 0 Å². The number of methoxy groups -OCH3 is 4. The van der Waals surface area contributed by atoms with E-state index in [0.717, 1.165) is 0 Å². The molecule has 428 valence electrons. The van der Waals surface area contributed by atoms with E-state index in [-0.39, 0.29) is 74.1 Å². The van der Waals surface area contributed by atoms with Crippen LogP contribution in [0.15, 0.2) is 179 Å². The van der Waals surface area contributed by atoms with Crippen LogP contribution < -0.4 is 45.0 Å². The quantitative estimate of drug-likeness (QED) is 0.0584. The fourth-order valence-electron chi connectivity index (χ4n) is 7.93. The number of anilines is 2. The first-order valence-corrected chi connectivity index (χ1v) is 27.3. The molecule has 0 saturated carbocycles. The summed E-state index contributed by atoms with van der Waals surface area (Å²) >= 11 is 14.8. The molecule has 0 fully saturated rings. The molecule has 20 nitrogen and oxygen atoms in total. The fourth-order valence-corrected chi connectivity index (χ4v) is 10.6. The van der Waals surface area contributed by atoms with Crippen LogP contribution in [0.1, 0.15) is 0 Å². The maximum Gasteiger partial charge on any atom is 0.492 e. The van der Waals surface area contributed by atoms with Gasteiger partial charge in [-0.05, 0) is 107 Å². The number of nitrogens with zero attached hydrogens (tertiary/aromatic N) is 4. The van der Waals surface area contributed by atoms with Crippen molar-refractivity contribution in [1.29, 1.82) is 0 Å². The minimum absolute atomic E-state index is 0. The Labute approximate surface area is 491 Å². The third kappa shape index (κ3) is 14.1. The molecule has 0 amide bonds. The van der Waals surface area contributed by atoms with Gasteiger partial charge in [-0.1, -0.05) is 39.6 Å². The minimum atomic E-state index is -3.99. The SMILES string of the molecule is COc1cc(Br)c(F)cc1-n1c(=O)ccc2cc(S(=O)(=O)Nc3ccon3)ccc21.COc1cc(Cl)ccc1-c1cc(OC)c(-n2c(=O)ccc3cc(S(=O)(=O)Nc4ccon4)ccc32)cc1F.COc1cc(Cl)ccc1B(O)O.P.P. The molecule has 82 heavy (non-hydrogen) atoms. The summed E-state index contributed by atoms with van der Waals surface area (Å²) in [6.45, 7) is 0. The average Bonchev–Trinajstić information content (AvgIpc) is 4.14. The van der Waals surface area contributed by atoms with Gasteiger partial charge in [0.15, 0.2) is 11.6 Å². The maximum atomic E-state index is 15.5. The molecule has 0 saturated heterocycles. The largest absolute Gasteiger partial charge is 0.497 e. The summed E-state index contributed by atoms with van der Waals surface area (Å²) in [5.74, 6) is 0.0496. The highest BCUT2D eigenvalue weighted by Gasteiger charge is 2.23. The number of benzene rings is 6. The number of ether oxygens (including phenoxy) is 4. The van der Waals surface area contributed by atoms with Gasteiger partial charge in [0.05, 0.1) is 65.1 Å². The van der Waals surface area contributed by atoms with Crippen molar-refractivity contribution in [1.82, 2.24) is 19.4 Å². The molecular weight excluding hydrogens is 1260 g/mol. The van der Waals surface area contributed by atoms with Crippen LogP contribution in [0.4, 0.5) is 20.4 Å². The van der Waals surface area contributed by atoms with Crippen LogP contribution in [-0.4, -0.2) is 81.9 Å². The molecule has 4 heterocycles. The van der Waals surface area contributed by atoms with Crippen molar-refractivity contribution >= 4 is 125 Å². The Balaban J connectivity index is 0.000000219. The van der Waals surface area contributed by atoms with Crippen LogP contribution in [0.5, 0.6) is 23.0 Å². The lowest BCUT2D eigenvalue weighted by Gasteiger charge is -2.17. The predicted octanol–water partition coefficient (Wildman–Crippen LogP) is 9.09. The summed E-state index contributed by atoms with van der Waals surface area (Å²) in [4.78, 5) is 25.5. The predicted molar refractivity (Wildman–Crippen MR) is 321 cm³/mol. The van der Waals surface area contributed by atoms with E-state index in [4.69, 9.17) is 52.2 Å². The molecule has 0 radical (unpaired) electrons. The van der Waals surface area contributed by atoms with Crippen molar-refractivity contribution in [3.63, 3.8) is 0 Å². The van der Waals surface area contributed by atoms with Gasteiger partial charge in [-0.25, -0.2) is 25.6 Å². The molecule has 0 bridgehead atoms. The van der Waals surface area contributed by atoms with E-state index in [1.165, 1.54) is 159 Å².